The van der Waals surface area contributed by atoms with Crippen LogP contribution in [-0.2, 0) is 4.79 Å². The van der Waals surface area contributed by atoms with Gasteiger partial charge in [-0.05, 0) is 37.6 Å². The van der Waals surface area contributed by atoms with Gasteiger partial charge >= 0.3 is 0 Å². The van der Waals surface area contributed by atoms with Gasteiger partial charge in [0.15, 0.2) is 0 Å². The molecule has 1 aliphatic rings. The first-order chi connectivity index (χ1) is 12.5. The number of ether oxygens (including phenoxy) is 2. The largest absolute Gasteiger partial charge is 0.493 e. The fourth-order valence-corrected chi connectivity index (χ4v) is 3.67. The third-order valence-electron chi connectivity index (χ3n) is 4.24. The Hall–Kier alpha value is -1.72. The Kier molecular flexibility index (Phi) is 6.43. The number of aryl methyl sites for hydroxylation is 1. The molecular formula is C20H21BrClNO3. The molecule has 0 bridgehead atoms. The number of halogens is 2. The quantitative estimate of drug-likeness (QED) is 0.630. The van der Waals surface area contributed by atoms with Crippen LogP contribution in [0.15, 0.2) is 40.9 Å². The van der Waals surface area contributed by atoms with Crippen molar-refractivity contribution >= 4 is 33.4 Å². The first-order valence-electron chi connectivity index (χ1n) is 8.63. The standard InChI is InChI=1S/C20H21BrClNO3/c1-13-4-6-18-15(11-13)17(8-10-26-18)23-20(24)3-2-9-25-19-7-5-14(21)12-16(19)22/h4-7,11-12,17H,2-3,8-10H2,1H3,(H,23,24). The molecule has 6 heteroatoms. The molecule has 2 aromatic rings. The monoisotopic (exact) mass is 437 g/mol. The van der Waals surface area contributed by atoms with Crippen molar-refractivity contribution < 1.29 is 14.3 Å². The van der Waals surface area contributed by atoms with Gasteiger partial charge in [-0.25, -0.2) is 0 Å². The normalized spacial score (nSPS) is 15.7. The second-order valence-electron chi connectivity index (χ2n) is 6.33. The minimum Gasteiger partial charge on any atom is -0.493 e. The molecule has 0 saturated carbocycles. The van der Waals surface area contributed by atoms with E-state index in [9.17, 15) is 4.79 Å². The van der Waals surface area contributed by atoms with Crippen LogP contribution < -0.4 is 14.8 Å². The highest BCUT2D eigenvalue weighted by molar-refractivity contribution is 9.10. The Morgan fingerprint density at radius 2 is 2.19 bits per heavy atom. The Bertz CT molecular complexity index is 797. The zero-order chi connectivity index (χ0) is 18.5. The predicted octanol–water partition coefficient (Wildman–Crippen LogP) is 5.21. The number of benzene rings is 2. The van der Waals surface area contributed by atoms with Crippen LogP contribution in [0.1, 0.15) is 36.4 Å². The number of carbonyl (C=O) groups is 1. The molecule has 3 rings (SSSR count). The molecule has 1 N–H and O–H groups in total. The summed E-state index contributed by atoms with van der Waals surface area (Å²) in [5.74, 6) is 1.51. The van der Waals surface area contributed by atoms with Gasteiger partial charge in [-0.3, -0.25) is 4.79 Å². The molecule has 1 atom stereocenters. The van der Waals surface area contributed by atoms with Crippen molar-refractivity contribution in [3.8, 4) is 11.5 Å². The molecule has 0 saturated heterocycles. The molecule has 0 spiro atoms. The minimum atomic E-state index is 0.00739. The van der Waals surface area contributed by atoms with Crippen LogP contribution in [-0.4, -0.2) is 19.1 Å². The topological polar surface area (TPSA) is 47.6 Å². The highest BCUT2D eigenvalue weighted by atomic mass is 79.9. The lowest BCUT2D eigenvalue weighted by Gasteiger charge is -2.27. The van der Waals surface area contributed by atoms with Gasteiger partial charge in [0.1, 0.15) is 11.5 Å². The summed E-state index contributed by atoms with van der Waals surface area (Å²) >= 11 is 9.47. The van der Waals surface area contributed by atoms with Crippen molar-refractivity contribution in [3.05, 3.63) is 57.0 Å². The van der Waals surface area contributed by atoms with Crippen LogP contribution in [0, 0.1) is 6.92 Å². The number of hydrogen-bond donors (Lipinski definition) is 1. The SMILES string of the molecule is Cc1ccc2c(c1)C(NC(=O)CCCOc1ccc(Br)cc1Cl)CCO2. The molecule has 1 unspecified atom stereocenters. The fraction of sp³-hybridized carbons (Fsp3) is 0.350. The van der Waals surface area contributed by atoms with E-state index in [-0.39, 0.29) is 11.9 Å². The molecule has 1 heterocycles. The van der Waals surface area contributed by atoms with E-state index in [0.717, 1.165) is 27.8 Å². The zero-order valence-corrected chi connectivity index (χ0v) is 16.9. The predicted molar refractivity (Wildman–Crippen MR) is 106 cm³/mol. The lowest BCUT2D eigenvalue weighted by molar-refractivity contribution is -0.122. The maximum absolute atomic E-state index is 12.3. The first-order valence-corrected chi connectivity index (χ1v) is 9.80. The van der Waals surface area contributed by atoms with Crippen LogP contribution in [0.5, 0.6) is 11.5 Å². The molecule has 0 radical (unpaired) electrons. The summed E-state index contributed by atoms with van der Waals surface area (Å²) in [6.07, 6.45) is 1.82. The molecule has 2 aromatic carbocycles. The van der Waals surface area contributed by atoms with E-state index in [1.807, 2.05) is 31.2 Å². The van der Waals surface area contributed by atoms with Crippen LogP contribution in [0.4, 0.5) is 0 Å². The van der Waals surface area contributed by atoms with Crippen LogP contribution in [0.3, 0.4) is 0 Å². The maximum Gasteiger partial charge on any atom is 0.220 e. The fourth-order valence-electron chi connectivity index (χ4n) is 2.94. The van der Waals surface area contributed by atoms with Gasteiger partial charge in [0.05, 0.1) is 24.3 Å². The second kappa shape index (κ2) is 8.78. The number of nitrogens with one attached hydrogen (secondary N) is 1. The molecule has 1 amide bonds. The van der Waals surface area contributed by atoms with E-state index in [1.165, 1.54) is 0 Å². The summed E-state index contributed by atoms with van der Waals surface area (Å²) in [5.41, 5.74) is 2.22. The highest BCUT2D eigenvalue weighted by Crippen LogP contribution is 2.32. The molecule has 138 valence electrons. The van der Waals surface area contributed by atoms with Crippen molar-refractivity contribution in [2.75, 3.05) is 13.2 Å². The number of carbonyl (C=O) groups excluding carboxylic acids is 1. The molecule has 0 aliphatic carbocycles. The summed E-state index contributed by atoms with van der Waals surface area (Å²) in [5, 5.41) is 3.67. The van der Waals surface area contributed by atoms with Gasteiger partial charge in [-0.2, -0.15) is 0 Å². The smallest absolute Gasteiger partial charge is 0.220 e. The number of hydrogen-bond acceptors (Lipinski definition) is 3. The van der Waals surface area contributed by atoms with Crippen LogP contribution in [0.25, 0.3) is 0 Å². The molecular weight excluding hydrogens is 418 g/mol. The van der Waals surface area contributed by atoms with E-state index in [4.69, 9.17) is 21.1 Å². The third kappa shape index (κ3) is 4.92. The summed E-state index contributed by atoms with van der Waals surface area (Å²) in [7, 11) is 0. The number of fused-ring (bicyclic) bond motifs is 1. The Balaban J connectivity index is 1.47. The Labute approximate surface area is 167 Å². The van der Waals surface area contributed by atoms with E-state index < -0.39 is 0 Å². The van der Waals surface area contributed by atoms with Gasteiger partial charge in [0.25, 0.3) is 0 Å². The summed E-state index contributed by atoms with van der Waals surface area (Å²) in [6, 6.07) is 11.6. The first kappa shape index (κ1) is 19.1. The van der Waals surface area contributed by atoms with E-state index in [2.05, 4.69) is 27.3 Å². The van der Waals surface area contributed by atoms with E-state index in [1.54, 1.807) is 6.07 Å². The summed E-state index contributed by atoms with van der Waals surface area (Å²) in [6.45, 7) is 3.10. The van der Waals surface area contributed by atoms with Gasteiger partial charge < -0.3 is 14.8 Å². The van der Waals surface area contributed by atoms with Crippen LogP contribution >= 0.6 is 27.5 Å². The van der Waals surface area contributed by atoms with Crippen molar-refractivity contribution in [1.29, 1.82) is 0 Å². The second-order valence-corrected chi connectivity index (χ2v) is 7.65. The highest BCUT2D eigenvalue weighted by Gasteiger charge is 2.22. The van der Waals surface area contributed by atoms with E-state index in [0.29, 0.717) is 36.8 Å². The van der Waals surface area contributed by atoms with Crippen molar-refractivity contribution in [2.45, 2.75) is 32.2 Å². The number of amides is 1. The van der Waals surface area contributed by atoms with Gasteiger partial charge in [0.2, 0.25) is 5.91 Å². The van der Waals surface area contributed by atoms with E-state index >= 15 is 0 Å². The Morgan fingerprint density at radius 3 is 3.00 bits per heavy atom. The van der Waals surface area contributed by atoms with Gasteiger partial charge in [0, 0.05) is 22.9 Å². The lowest BCUT2D eigenvalue weighted by atomic mass is 9.98. The van der Waals surface area contributed by atoms with Crippen LogP contribution in [0.2, 0.25) is 5.02 Å². The zero-order valence-electron chi connectivity index (χ0n) is 14.6. The van der Waals surface area contributed by atoms with Gasteiger partial charge in [-0.15, -0.1) is 0 Å². The van der Waals surface area contributed by atoms with Crippen molar-refractivity contribution in [1.82, 2.24) is 5.32 Å². The lowest BCUT2D eigenvalue weighted by Crippen LogP contribution is -2.32. The minimum absolute atomic E-state index is 0.00739. The average Bonchev–Trinajstić information content (AvgIpc) is 2.61. The number of rotatable bonds is 6. The third-order valence-corrected chi connectivity index (χ3v) is 5.03. The summed E-state index contributed by atoms with van der Waals surface area (Å²) < 4.78 is 12.2. The molecule has 1 aliphatic heterocycles. The van der Waals surface area contributed by atoms with Crippen molar-refractivity contribution in [3.63, 3.8) is 0 Å². The molecule has 0 aromatic heterocycles. The van der Waals surface area contributed by atoms with Gasteiger partial charge in [-0.1, -0.05) is 45.2 Å². The van der Waals surface area contributed by atoms with Crippen molar-refractivity contribution in [2.24, 2.45) is 0 Å². The Morgan fingerprint density at radius 1 is 1.35 bits per heavy atom. The average molecular weight is 439 g/mol. The maximum atomic E-state index is 12.3. The molecule has 4 nitrogen and oxygen atoms in total. The summed E-state index contributed by atoms with van der Waals surface area (Å²) in [4.78, 5) is 12.3. The molecule has 26 heavy (non-hydrogen) atoms. The molecule has 0 fully saturated rings.